The van der Waals surface area contributed by atoms with Gasteiger partial charge in [-0.2, -0.15) is 0 Å². The second-order valence-corrected chi connectivity index (χ2v) is 9.30. The van der Waals surface area contributed by atoms with E-state index in [9.17, 15) is 13.2 Å². The van der Waals surface area contributed by atoms with Gasteiger partial charge in [0.2, 0.25) is 0 Å². The summed E-state index contributed by atoms with van der Waals surface area (Å²) in [6, 6.07) is 17.3. The van der Waals surface area contributed by atoms with Crippen LogP contribution in [-0.4, -0.2) is 0 Å². The summed E-state index contributed by atoms with van der Waals surface area (Å²) in [5.74, 6) is -1.18. The molecule has 0 radical (unpaired) electrons. The molecule has 6 heteroatoms. The molecule has 0 bridgehead atoms. The SMILES string of the molecule is Fc1ccc(P2(c3ccc(F)cc3)(c3ccc(F)cc3)OO2)cc1. The third-order valence-corrected chi connectivity index (χ3v) is 8.49. The third-order valence-electron chi connectivity index (χ3n) is 4.19. The van der Waals surface area contributed by atoms with E-state index in [0.717, 1.165) is 0 Å². The van der Waals surface area contributed by atoms with Crippen LogP contribution in [-0.2, 0) is 9.35 Å². The van der Waals surface area contributed by atoms with Crippen molar-refractivity contribution < 1.29 is 22.5 Å². The molecule has 1 aliphatic heterocycles. The van der Waals surface area contributed by atoms with Crippen molar-refractivity contribution in [1.29, 1.82) is 0 Å². The van der Waals surface area contributed by atoms with Crippen molar-refractivity contribution in [3.63, 3.8) is 0 Å². The summed E-state index contributed by atoms with van der Waals surface area (Å²) in [5.41, 5.74) is 0. The van der Waals surface area contributed by atoms with Crippen LogP contribution in [0.3, 0.4) is 0 Å². The Morgan fingerprint density at radius 3 is 0.917 bits per heavy atom. The molecule has 0 aliphatic carbocycles. The van der Waals surface area contributed by atoms with Crippen molar-refractivity contribution in [2.24, 2.45) is 0 Å². The first-order chi connectivity index (χ1) is 11.5. The molecule has 1 heterocycles. The fraction of sp³-hybridized carbons (Fsp3) is 0. The minimum absolute atomic E-state index is 0.393. The van der Waals surface area contributed by atoms with Crippen LogP contribution >= 0.6 is 7.06 Å². The first kappa shape index (κ1) is 15.3. The first-order valence-corrected chi connectivity index (χ1v) is 9.31. The van der Waals surface area contributed by atoms with Gasteiger partial charge >= 0.3 is 136 Å². The van der Waals surface area contributed by atoms with E-state index in [-0.39, 0.29) is 0 Å². The normalized spacial score (nSPS) is 19.2. The van der Waals surface area contributed by atoms with Crippen molar-refractivity contribution in [2.75, 3.05) is 0 Å². The van der Waals surface area contributed by atoms with Crippen LogP contribution in [0.4, 0.5) is 13.2 Å². The zero-order valence-corrected chi connectivity index (χ0v) is 13.2. The monoisotopic (exact) mass is 348 g/mol. The van der Waals surface area contributed by atoms with Crippen LogP contribution in [0.2, 0.25) is 0 Å². The van der Waals surface area contributed by atoms with E-state index in [4.69, 9.17) is 9.35 Å². The molecule has 24 heavy (non-hydrogen) atoms. The van der Waals surface area contributed by atoms with Gasteiger partial charge in [-0.25, -0.2) is 0 Å². The molecule has 1 fully saturated rings. The van der Waals surface area contributed by atoms with Gasteiger partial charge in [-0.1, -0.05) is 0 Å². The molecule has 2 nitrogen and oxygen atoms in total. The molecule has 1 aliphatic rings. The minimum atomic E-state index is -3.70. The molecular weight excluding hydrogens is 336 g/mol. The van der Waals surface area contributed by atoms with E-state index in [0.29, 0.717) is 15.9 Å². The second-order valence-electron chi connectivity index (χ2n) is 5.54. The van der Waals surface area contributed by atoms with Crippen LogP contribution in [0, 0.1) is 17.5 Å². The standard InChI is InChI=1S/C18H12F3O2P/c19-13-1-7-16(8-2-13)24(22-23-24,17-9-3-14(20)4-10-17)18-11-5-15(21)6-12-18/h1-12H. The van der Waals surface area contributed by atoms with Gasteiger partial charge in [0.25, 0.3) is 0 Å². The molecule has 0 unspecified atom stereocenters. The quantitative estimate of drug-likeness (QED) is 0.409. The van der Waals surface area contributed by atoms with Crippen LogP contribution in [0.15, 0.2) is 72.8 Å². The van der Waals surface area contributed by atoms with E-state index in [1.807, 2.05) is 0 Å². The Kier molecular flexibility index (Phi) is 3.29. The van der Waals surface area contributed by atoms with Gasteiger partial charge in [0.15, 0.2) is 0 Å². The van der Waals surface area contributed by atoms with Gasteiger partial charge in [-0.3, -0.25) is 0 Å². The van der Waals surface area contributed by atoms with Crippen LogP contribution in [0.1, 0.15) is 0 Å². The van der Waals surface area contributed by atoms with Crippen molar-refractivity contribution >= 4 is 23.0 Å². The molecule has 0 aromatic heterocycles. The Morgan fingerprint density at radius 1 is 0.458 bits per heavy atom. The van der Waals surface area contributed by atoms with Crippen molar-refractivity contribution in [2.45, 2.75) is 0 Å². The zero-order valence-electron chi connectivity index (χ0n) is 12.3. The van der Waals surface area contributed by atoms with Gasteiger partial charge in [0.1, 0.15) is 0 Å². The molecule has 1 saturated heterocycles. The van der Waals surface area contributed by atoms with E-state index in [2.05, 4.69) is 0 Å². The zero-order chi connectivity index (χ0) is 16.8. The Labute approximate surface area is 136 Å². The number of rotatable bonds is 3. The van der Waals surface area contributed by atoms with Crippen LogP contribution < -0.4 is 15.9 Å². The van der Waals surface area contributed by atoms with Crippen molar-refractivity contribution in [3.8, 4) is 0 Å². The summed E-state index contributed by atoms with van der Waals surface area (Å²) >= 11 is 0. The molecule has 3 aromatic carbocycles. The number of hydrogen-bond acceptors (Lipinski definition) is 2. The molecule has 0 spiro atoms. The van der Waals surface area contributed by atoms with Gasteiger partial charge < -0.3 is 0 Å². The molecular formula is C18H12F3O2P. The summed E-state index contributed by atoms with van der Waals surface area (Å²) in [7, 11) is -3.70. The molecule has 0 amide bonds. The van der Waals surface area contributed by atoms with Crippen molar-refractivity contribution in [1.82, 2.24) is 0 Å². The topological polar surface area (TPSA) is 25.1 Å². The molecule has 4 rings (SSSR count). The molecule has 3 aromatic rings. The predicted octanol–water partition coefficient (Wildman–Crippen LogP) is 3.73. The number of hydrogen-bond donors (Lipinski definition) is 0. The maximum atomic E-state index is 13.4. The molecule has 122 valence electrons. The van der Waals surface area contributed by atoms with Crippen LogP contribution in [0.25, 0.3) is 0 Å². The number of halogens is 3. The Bertz CT molecular complexity index is 771. The summed E-state index contributed by atoms with van der Waals surface area (Å²) in [5, 5.41) is 1.88. The van der Waals surface area contributed by atoms with Gasteiger partial charge in [0, 0.05) is 0 Å². The van der Waals surface area contributed by atoms with Crippen LogP contribution in [0.5, 0.6) is 0 Å². The second kappa shape index (κ2) is 5.15. The summed E-state index contributed by atoms with van der Waals surface area (Å²) < 4.78 is 51.3. The number of benzene rings is 3. The first-order valence-electron chi connectivity index (χ1n) is 7.23. The summed E-state index contributed by atoms with van der Waals surface area (Å²) in [4.78, 5) is 0. The third kappa shape index (κ3) is 2.02. The Hall–Kier alpha value is -2.20. The van der Waals surface area contributed by atoms with Crippen molar-refractivity contribution in [3.05, 3.63) is 90.2 Å². The summed E-state index contributed by atoms with van der Waals surface area (Å²) in [6.45, 7) is 0. The predicted molar refractivity (Wildman–Crippen MR) is 87.2 cm³/mol. The average Bonchev–Trinajstić information content (AvgIpc) is 3.35. The average molecular weight is 348 g/mol. The Morgan fingerprint density at radius 2 is 0.708 bits per heavy atom. The fourth-order valence-corrected chi connectivity index (χ4v) is 6.77. The van der Waals surface area contributed by atoms with Gasteiger partial charge in [0.05, 0.1) is 0 Å². The molecule has 0 saturated carbocycles. The molecule has 0 N–H and O–H groups in total. The summed E-state index contributed by atoms with van der Waals surface area (Å²) in [6.07, 6.45) is 0. The fourth-order valence-electron chi connectivity index (χ4n) is 2.89. The molecule has 0 atom stereocenters. The van der Waals surface area contributed by atoms with E-state index in [1.54, 1.807) is 36.4 Å². The maximum absolute atomic E-state index is 13.4. The van der Waals surface area contributed by atoms with Gasteiger partial charge in [-0.05, 0) is 0 Å². The van der Waals surface area contributed by atoms with Gasteiger partial charge in [-0.15, -0.1) is 0 Å². The Balaban J connectivity index is 2.01. The van der Waals surface area contributed by atoms with E-state index in [1.165, 1.54) is 36.4 Å². The van der Waals surface area contributed by atoms with E-state index < -0.39 is 24.5 Å². The van der Waals surface area contributed by atoms with E-state index >= 15 is 0 Å².